The zero-order chi connectivity index (χ0) is 60.9. The fraction of sp³-hybridized carbons (Fsp3) is 0.460. The highest BCUT2D eigenvalue weighted by Gasteiger charge is 2.38. The first-order valence-electron chi connectivity index (χ1n) is 28.7. The molecule has 0 fully saturated rings. The number of benzene rings is 4. The first-order valence-corrected chi connectivity index (χ1v) is 28.7. The van der Waals surface area contributed by atoms with E-state index in [0.717, 1.165) is 53.5 Å². The normalized spacial score (nSPS) is 10.7. The van der Waals surface area contributed by atoms with Gasteiger partial charge in [-0.25, -0.2) is 4.79 Å². The highest BCUT2D eigenvalue weighted by atomic mass is 16.6. The van der Waals surface area contributed by atoms with Crippen molar-refractivity contribution in [3.05, 3.63) is 125 Å². The summed E-state index contributed by atoms with van der Waals surface area (Å²) in [7, 11) is 0. The predicted octanol–water partition coefficient (Wildman–Crippen LogP) is 9.33. The molecule has 3 N–H and O–H groups in total. The molecule has 0 spiro atoms. The summed E-state index contributed by atoms with van der Waals surface area (Å²) in [6.45, 7) is 7.31. The molecule has 0 aliphatic heterocycles. The van der Waals surface area contributed by atoms with E-state index in [2.05, 4.69) is 16.0 Å². The van der Waals surface area contributed by atoms with Gasteiger partial charge in [0.05, 0.1) is 59.3 Å². The van der Waals surface area contributed by atoms with E-state index in [1.54, 1.807) is 76.2 Å². The highest BCUT2D eigenvalue weighted by molar-refractivity contribution is 6.19. The second kappa shape index (κ2) is 39.0. The fourth-order valence-electron chi connectivity index (χ4n) is 8.34. The topological polar surface area (TPSA) is 281 Å². The second-order valence-electron chi connectivity index (χ2n) is 19.2. The third kappa shape index (κ3) is 25.7. The Balaban J connectivity index is 0.967. The standard InChI is InChI=1S/C63H79N3O18/c1-5-77-59(72)55(60(73)78-6-2)57(70)65-50-25-15-13-23-47(50)41-44-29-31-46(32-30-44)43-54(69)83-39-21-10-9-19-37-81-52(67)27-17-18-28-53(68)82-38-20-11-12-22-40-84-63(76)64-49-35-33-45(34-36-49)42-48-24-14-16-26-51(48)66-58(71)56(61(74)79-7-3)62(75)80-8-4/h13-16,23-26,29-36,55-56H,5-12,17-22,27-28,37-43H2,1-4H3,(H,64,76)(H,65,70)(H,66,71). The van der Waals surface area contributed by atoms with Gasteiger partial charge in [-0.15, -0.1) is 0 Å². The quantitative estimate of drug-likeness (QED) is 0.0163. The summed E-state index contributed by atoms with van der Waals surface area (Å²) in [5, 5.41) is 8.03. The van der Waals surface area contributed by atoms with Crippen LogP contribution in [0.25, 0.3) is 0 Å². The Hall–Kier alpha value is -8.62. The van der Waals surface area contributed by atoms with E-state index in [-0.39, 0.29) is 90.0 Å². The van der Waals surface area contributed by atoms with Crippen molar-refractivity contribution >= 4 is 76.8 Å². The van der Waals surface area contributed by atoms with Crippen molar-refractivity contribution in [2.45, 2.75) is 124 Å². The lowest BCUT2D eigenvalue weighted by Crippen LogP contribution is -2.38. The molecule has 0 unspecified atom stereocenters. The number of nitrogens with one attached hydrogen (secondary N) is 3. The minimum atomic E-state index is -1.77. The average Bonchev–Trinajstić information content (AvgIpc) is 3.67. The van der Waals surface area contributed by atoms with Crippen LogP contribution in [0, 0.1) is 11.8 Å². The summed E-state index contributed by atoms with van der Waals surface area (Å²) in [5.74, 6) is -10.2. The molecule has 0 aliphatic carbocycles. The molecule has 0 heterocycles. The van der Waals surface area contributed by atoms with Gasteiger partial charge in [0.25, 0.3) is 0 Å². The molecule has 0 atom stereocenters. The molecule has 4 rings (SSSR count). The summed E-state index contributed by atoms with van der Waals surface area (Å²) in [6, 6.07) is 28.5. The van der Waals surface area contributed by atoms with Crippen LogP contribution in [0.5, 0.6) is 0 Å². The number of hydrogen-bond acceptors (Lipinski definition) is 18. The number of hydrogen-bond donors (Lipinski definition) is 3. The van der Waals surface area contributed by atoms with Crippen molar-refractivity contribution in [2.75, 3.05) is 68.8 Å². The van der Waals surface area contributed by atoms with Crippen LogP contribution < -0.4 is 16.0 Å². The van der Waals surface area contributed by atoms with Gasteiger partial charge in [0.2, 0.25) is 23.7 Å². The maximum Gasteiger partial charge on any atom is 0.411 e. The monoisotopic (exact) mass is 1170 g/mol. The number of unbranched alkanes of at least 4 members (excludes halogenated alkanes) is 7. The zero-order valence-corrected chi connectivity index (χ0v) is 48.5. The van der Waals surface area contributed by atoms with Crippen LogP contribution >= 0.6 is 0 Å². The van der Waals surface area contributed by atoms with Gasteiger partial charge < -0.3 is 48.5 Å². The molecule has 4 aromatic carbocycles. The zero-order valence-electron chi connectivity index (χ0n) is 48.5. The van der Waals surface area contributed by atoms with Crippen molar-refractivity contribution in [3.8, 4) is 0 Å². The Bertz CT molecular complexity index is 2540. The van der Waals surface area contributed by atoms with Crippen molar-refractivity contribution < 1.29 is 85.8 Å². The van der Waals surface area contributed by atoms with Crippen molar-refractivity contribution in [1.82, 2.24) is 0 Å². The van der Waals surface area contributed by atoms with E-state index < -0.39 is 53.6 Å². The SMILES string of the molecule is CCOC(=O)C(C(=O)Nc1ccccc1Cc1ccc(CC(=O)OCCCCCCOC(=O)CCCCC(=O)OCCCCCCOC(=O)Nc2ccc(Cc3ccccc3NC(=O)C(C(=O)OCC)C(=O)OCC)cc2)cc1)C(=O)OCC. The summed E-state index contributed by atoms with van der Waals surface area (Å²) >= 11 is 0. The average molecular weight is 1170 g/mol. The van der Waals surface area contributed by atoms with E-state index in [1.165, 1.54) is 0 Å². The Labute approximate surface area is 490 Å². The summed E-state index contributed by atoms with van der Waals surface area (Å²) in [4.78, 5) is 125. The van der Waals surface area contributed by atoms with E-state index in [0.29, 0.717) is 68.4 Å². The molecule has 21 nitrogen and oxygen atoms in total. The van der Waals surface area contributed by atoms with Crippen LogP contribution in [0.1, 0.15) is 133 Å². The first-order chi connectivity index (χ1) is 40.6. The van der Waals surface area contributed by atoms with Gasteiger partial charge in [-0.2, -0.15) is 0 Å². The second-order valence-corrected chi connectivity index (χ2v) is 19.2. The van der Waals surface area contributed by atoms with Crippen LogP contribution in [0.2, 0.25) is 0 Å². The van der Waals surface area contributed by atoms with Crippen molar-refractivity contribution in [2.24, 2.45) is 11.8 Å². The van der Waals surface area contributed by atoms with Gasteiger partial charge in [-0.3, -0.25) is 48.5 Å². The van der Waals surface area contributed by atoms with E-state index in [4.69, 9.17) is 37.9 Å². The van der Waals surface area contributed by atoms with Gasteiger partial charge in [0.1, 0.15) is 0 Å². The van der Waals surface area contributed by atoms with E-state index in [1.807, 2.05) is 48.5 Å². The van der Waals surface area contributed by atoms with Crippen molar-refractivity contribution in [3.63, 3.8) is 0 Å². The van der Waals surface area contributed by atoms with Gasteiger partial charge in [-0.05, 0) is 157 Å². The van der Waals surface area contributed by atoms with E-state index >= 15 is 0 Å². The molecule has 21 heteroatoms. The molecule has 0 saturated carbocycles. The summed E-state index contributed by atoms with van der Waals surface area (Å²) in [5.41, 5.74) is 5.35. The number of esters is 7. The van der Waals surface area contributed by atoms with Crippen LogP contribution in [0.15, 0.2) is 97.1 Å². The predicted molar refractivity (Wildman–Crippen MR) is 309 cm³/mol. The number of amides is 3. The lowest BCUT2D eigenvalue weighted by molar-refractivity contribution is -0.166. The lowest BCUT2D eigenvalue weighted by atomic mass is 10.0. The maximum atomic E-state index is 13.1. The summed E-state index contributed by atoms with van der Waals surface area (Å²) in [6.07, 6.45) is 7.49. The molecular weight excluding hydrogens is 1090 g/mol. The third-order valence-corrected chi connectivity index (χ3v) is 12.6. The van der Waals surface area contributed by atoms with Crippen LogP contribution in [-0.4, -0.2) is 113 Å². The third-order valence-electron chi connectivity index (χ3n) is 12.6. The molecule has 3 amide bonds. The minimum Gasteiger partial charge on any atom is -0.466 e. The lowest BCUT2D eigenvalue weighted by Gasteiger charge is -2.16. The number of carbonyl (C=O) groups excluding carboxylic acids is 10. The Morgan fingerprint density at radius 2 is 0.702 bits per heavy atom. The number of para-hydroxylation sites is 2. The minimum absolute atomic E-state index is 0.00463. The van der Waals surface area contributed by atoms with Crippen molar-refractivity contribution in [1.29, 1.82) is 0 Å². The Morgan fingerprint density at radius 3 is 1.10 bits per heavy atom. The smallest absolute Gasteiger partial charge is 0.411 e. The number of rotatable bonds is 38. The number of carbonyl (C=O) groups is 10. The largest absolute Gasteiger partial charge is 0.466 e. The van der Waals surface area contributed by atoms with Crippen LogP contribution in [0.4, 0.5) is 21.9 Å². The molecular formula is C63H79N3O18. The molecule has 84 heavy (non-hydrogen) atoms. The number of anilines is 3. The molecule has 0 saturated heterocycles. The fourth-order valence-corrected chi connectivity index (χ4v) is 8.34. The molecule has 0 aromatic heterocycles. The van der Waals surface area contributed by atoms with Crippen LogP contribution in [-0.2, 0) is 100 Å². The Kier molecular flexibility index (Phi) is 31.5. The van der Waals surface area contributed by atoms with Gasteiger partial charge in [-0.1, -0.05) is 72.8 Å². The molecule has 0 radical (unpaired) electrons. The van der Waals surface area contributed by atoms with Crippen LogP contribution in [0.3, 0.4) is 0 Å². The molecule has 0 aliphatic rings. The van der Waals surface area contributed by atoms with Gasteiger partial charge in [0, 0.05) is 29.9 Å². The van der Waals surface area contributed by atoms with E-state index in [9.17, 15) is 47.9 Å². The molecule has 0 bridgehead atoms. The first kappa shape index (κ1) is 67.9. The summed E-state index contributed by atoms with van der Waals surface area (Å²) < 4.78 is 41.1. The molecule has 454 valence electrons. The highest BCUT2D eigenvalue weighted by Crippen LogP contribution is 2.24. The van der Waals surface area contributed by atoms with Gasteiger partial charge in [0.15, 0.2) is 0 Å². The molecule has 4 aromatic rings. The number of ether oxygens (including phenoxy) is 8. The van der Waals surface area contributed by atoms with Gasteiger partial charge >= 0.3 is 47.9 Å². The maximum absolute atomic E-state index is 13.1. The Morgan fingerprint density at radius 1 is 0.357 bits per heavy atom.